The number of hydrogen-bond acceptors (Lipinski definition) is 6. The minimum absolute atomic E-state index is 0.0492. The Hall–Kier alpha value is -2.65. The molecule has 0 bridgehead atoms. The lowest BCUT2D eigenvalue weighted by molar-refractivity contribution is -0.384. The minimum Gasteiger partial charge on any atom is -0.477 e. The molecule has 10 heteroatoms. The van der Waals surface area contributed by atoms with Crippen LogP contribution in [0.5, 0.6) is 0 Å². The molecule has 2 heterocycles. The van der Waals surface area contributed by atoms with Crippen molar-refractivity contribution in [1.82, 2.24) is 4.90 Å². The molecule has 8 nitrogen and oxygen atoms in total. The number of allylic oxidation sites excluding steroid dienone is 2. The molecule has 2 aliphatic heterocycles. The highest BCUT2D eigenvalue weighted by atomic mass is 35.5. The number of hydrogen-bond donors (Lipinski definition) is 1. The summed E-state index contributed by atoms with van der Waals surface area (Å²) in [6.45, 7) is 0. The quantitative estimate of drug-likeness (QED) is 0.255. The van der Waals surface area contributed by atoms with E-state index in [1.807, 2.05) is 0 Å². The van der Waals surface area contributed by atoms with Gasteiger partial charge in [0.25, 0.3) is 11.6 Å². The lowest BCUT2D eigenvalue weighted by atomic mass is 10.0. The van der Waals surface area contributed by atoms with E-state index in [9.17, 15) is 24.8 Å². The Morgan fingerprint density at radius 3 is 2.96 bits per heavy atom. The van der Waals surface area contributed by atoms with Gasteiger partial charge in [-0.2, -0.15) is 0 Å². The molecule has 0 saturated carbocycles. The molecular weight excluding hydrogens is 394 g/mol. The van der Waals surface area contributed by atoms with Crippen LogP contribution in [0.4, 0.5) is 5.69 Å². The highest BCUT2D eigenvalue weighted by Crippen LogP contribution is 2.42. The molecule has 2 aliphatic rings. The molecule has 1 amide bonds. The zero-order chi connectivity index (χ0) is 19.6. The van der Waals surface area contributed by atoms with Gasteiger partial charge >= 0.3 is 5.97 Å². The fourth-order valence-corrected chi connectivity index (χ4v) is 4.23. The Bertz CT molecular complexity index is 898. The van der Waals surface area contributed by atoms with Crippen molar-refractivity contribution >= 4 is 47.1 Å². The van der Waals surface area contributed by atoms with E-state index in [-0.39, 0.29) is 17.3 Å². The first-order valence-corrected chi connectivity index (χ1v) is 9.43. The van der Waals surface area contributed by atoms with Crippen LogP contribution in [0.15, 0.2) is 52.7 Å². The molecule has 140 valence electrons. The first-order valence-electron chi connectivity index (χ1n) is 7.85. The molecule has 27 heavy (non-hydrogen) atoms. The van der Waals surface area contributed by atoms with Gasteiger partial charge in [-0.25, -0.2) is 4.79 Å². The van der Waals surface area contributed by atoms with Crippen molar-refractivity contribution < 1.29 is 19.6 Å². The highest BCUT2D eigenvalue weighted by Gasteiger charge is 2.53. The van der Waals surface area contributed by atoms with E-state index in [2.05, 4.69) is 4.99 Å². The van der Waals surface area contributed by atoms with Gasteiger partial charge < -0.3 is 5.11 Å². The van der Waals surface area contributed by atoms with Crippen molar-refractivity contribution in [1.29, 1.82) is 0 Å². The Labute approximate surface area is 163 Å². The average Bonchev–Trinajstić information content (AvgIpc) is 2.65. The molecule has 0 spiro atoms. The van der Waals surface area contributed by atoms with Crippen LogP contribution in [0, 0.1) is 10.1 Å². The molecule has 0 aromatic heterocycles. The minimum atomic E-state index is -1.18. The summed E-state index contributed by atoms with van der Waals surface area (Å²) < 4.78 is 0. The molecule has 2 atom stereocenters. The van der Waals surface area contributed by atoms with Crippen molar-refractivity contribution in [3.05, 3.63) is 63.4 Å². The average molecular weight is 408 g/mol. The number of β-lactam (4-membered cyclic amide) rings is 1. The van der Waals surface area contributed by atoms with Gasteiger partial charge in [-0.3, -0.25) is 24.8 Å². The molecule has 1 N–H and O–H groups in total. The van der Waals surface area contributed by atoms with Crippen molar-refractivity contribution in [3.8, 4) is 0 Å². The third-order valence-corrected chi connectivity index (χ3v) is 5.51. The first-order chi connectivity index (χ1) is 12.9. The van der Waals surface area contributed by atoms with Gasteiger partial charge in [0, 0.05) is 30.0 Å². The number of thioether (sulfide) groups is 1. The van der Waals surface area contributed by atoms with Crippen molar-refractivity contribution in [2.45, 2.75) is 11.4 Å². The lowest BCUT2D eigenvalue weighted by Crippen LogP contribution is -2.64. The summed E-state index contributed by atoms with van der Waals surface area (Å²) in [5.74, 6) is -0.923. The van der Waals surface area contributed by atoms with Crippen molar-refractivity contribution in [2.24, 2.45) is 4.99 Å². The number of carbonyl (C=O) groups excluding carboxylic acids is 1. The number of carbonyl (C=O) groups is 2. The summed E-state index contributed by atoms with van der Waals surface area (Å²) in [7, 11) is 0. The number of halogens is 1. The smallest absolute Gasteiger partial charge is 0.352 e. The van der Waals surface area contributed by atoms with E-state index in [1.165, 1.54) is 41.1 Å². The molecule has 1 aromatic carbocycles. The lowest BCUT2D eigenvalue weighted by Gasteiger charge is -2.47. The van der Waals surface area contributed by atoms with Crippen LogP contribution >= 0.6 is 23.4 Å². The fourth-order valence-electron chi connectivity index (χ4n) is 2.83. The molecule has 0 aliphatic carbocycles. The van der Waals surface area contributed by atoms with Crippen LogP contribution in [0.25, 0.3) is 0 Å². The summed E-state index contributed by atoms with van der Waals surface area (Å²) in [6, 6.07) is 5.18. The van der Waals surface area contributed by atoms with E-state index < -0.39 is 28.2 Å². The molecule has 0 unspecified atom stereocenters. The number of nitro groups is 1. The number of amides is 1. The van der Waals surface area contributed by atoms with Gasteiger partial charge in [-0.15, -0.1) is 23.4 Å². The van der Waals surface area contributed by atoms with Gasteiger partial charge in [0.05, 0.1) is 4.92 Å². The topological polar surface area (TPSA) is 113 Å². The van der Waals surface area contributed by atoms with Crippen LogP contribution in [-0.4, -0.2) is 56.1 Å². The second-order valence-corrected chi connectivity index (χ2v) is 7.13. The standard InChI is InChI=1S/C17H14ClN3O5S/c18-6-2-4-11-9-27-16-13(15(22)20(16)14(11)17(23)24)19-8-10-3-1-5-12(7-10)21(25)26/h1-5,7-8,13,16H,6,9H2,(H,23,24)/t13-,16+/m1/s1. The van der Waals surface area contributed by atoms with Gasteiger partial charge in [0.1, 0.15) is 11.1 Å². The molecule has 0 radical (unpaired) electrons. The van der Waals surface area contributed by atoms with Crippen LogP contribution in [0.3, 0.4) is 0 Å². The number of carboxylic acid groups (broad SMARTS) is 1. The fraction of sp³-hybridized carbons (Fsp3) is 0.235. The van der Waals surface area contributed by atoms with Gasteiger partial charge in [-0.1, -0.05) is 24.3 Å². The maximum Gasteiger partial charge on any atom is 0.352 e. The Morgan fingerprint density at radius 1 is 1.52 bits per heavy atom. The number of aliphatic imine (C=N–C) groups is 1. The normalized spacial score (nSPS) is 22.3. The number of nitro benzene ring substituents is 1. The summed E-state index contributed by atoms with van der Waals surface area (Å²) in [5.41, 5.74) is 0.904. The number of alkyl halides is 1. The number of benzene rings is 1. The maximum atomic E-state index is 12.5. The van der Waals surface area contributed by atoms with Gasteiger partial charge in [-0.05, 0) is 11.1 Å². The SMILES string of the molecule is O=C(O)C1=C(C=CCCl)CS[C@H]2[C@H](N=Cc3cccc([N+](=O)[O-])c3)C(=O)N12. The zero-order valence-electron chi connectivity index (χ0n) is 13.8. The third-order valence-electron chi connectivity index (χ3n) is 4.05. The number of fused-ring (bicyclic) bond motifs is 1. The predicted molar refractivity (Wildman–Crippen MR) is 102 cm³/mol. The monoisotopic (exact) mass is 407 g/mol. The second kappa shape index (κ2) is 7.93. The summed E-state index contributed by atoms with van der Waals surface area (Å²) in [6.07, 6.45) is 4.65. The second-order valence-electron chi connectivity index (χ2n) is 5.72. The third kappa shape index (κ3) is 3.74. The van der Waals surface area contributed by atoms with Crippen molar-refractivity contribution in [2.75, 3.05) is 11.6 Å². The van der Waals surface area contributed by atoms with Gasteiger partial charge in [0.15, 0.2) is 6.04 Å². The van der Waals surface area contributed by atoms with E-state index in [1.54, 1.807) is 18.2 Å². The number of non-ortho nitro benzene ring substituents is 1. The first kappa shape index (κ1) is 19.1. The Balaban J connectivity index is 1.81. The predicted octanol–water partition coefficient (Wildman–Crippen LogP) is 2.43. The summed E-state index contributed by atoms with van der Waals surface area (Å²) >= 11 is 7.02. The molecule has 1 fully saturated rings. The van der Waals surface area contributed by atoms with Gasteiger partial charge in [0.2, 0.25) is 0 Å². The Morgan fingerprint density at radius 2 is 2.30 bits per heavy atom. The highest BCUT2D eigenvalue weighted by molar-refractivity contribution is 8.00. The molecule has 1 saturated heterocycles. The molecular formula is C17H14ClN3O5S. The maximum absolute atomic E-state index is 12.5. The van der Waals surface area contributed by atoms with Crippen LogP contribution in [0.1, 0.15) is 5.56 Å². The Kier molecular flexibility index (Phi) is 5.62. The largest absolute Gasteiger partial charge is 0.477 e. The van der Waals surface area contributed by atoms with E-state index >= 15 is 0 Å². The van der Waals surface area contributed by atoms with Crippen molar-refractivity contribution in [3.63, 3.8) is 0 Å². The van der Waals surface area contributed by atoms with Crippen LogP contribution in [-0.2, 0) is 9.59 Å². The van der Waals surface area contributed by atoms with E-state index in [0.717, 1.165) is 0 Å². The number of nitrogens with zero attached hydrogens (tertiary/aromatic N) is 3. The molecule has 3 rings (SSSR count). The summed E-state index contributed by atoms with van der Waals surface area (Å²) in [5, 5.41) is 19.9. The van der Waals surface area contributed by atoms with Crippen LogP contribution in [0.2, 0.25) is 0 Å². The number of carboxylic acids is 1. The van der Waals surface area contributed by atoms with Crippen LogP contribution < -0.4 is 0 Å². The molecule has 1 aromatic rings. The van der Waals surface area contributed by atoms with E-state index in [0.29, 0.717) is 16.9 Å². The number of aliphatic carboxylic acids is 1. The summed E-state index contributed by atoms with van der Waals surface area (Å²) in [4.78, 5) is 39.9. The van der Waals surface area contributed by atoms with E-state index in [4.69, 9.17) is 11.6 Å². The zero-order valence-corrected chi connectivity index (χ0v) is 15.4. The number of rotatable bonds is 6.